The molecule has 2 atom stereocenters. The van der Waals surface area contributed by atoms with E-state index in [1.165, 1.54) is 24.0 Å². The summed E-state index contributed by atoms with van der Waals surface area (Å²) in [6.45, 7) is 7.58. The summed E-state index contributed by atoms with van der Waals surface area (Å²) in [5.41, 5.74) is 2.70. The van der Waals surface area contributed by atoms with Crippen LogP contribution in [0.25, 0.3) is 0 Å². The van der Waals surface area contributed by atoms with Crippen LogP contribution in [-0.4, -0.2) is 17.0 Å². The Morgan fingerprint density at radius 2 is 2.22 bits per heavy atom. The second-order valence-corrected chi connectivity index (χ2v) is 6.19. The van der Waals surface area contributed by atoms with Crippen LogP contribution in [0, 0.1) is 6.92 Å². The summed E-state index contributed by atoms with van der Waals surface area (Å²) in [7, 11) is 0. The highest BCUT2D eigenvalue weighted by Gasteiger charge is 2.20. The summed E-state index contributed by atoms with van der Waals surface area (Å²) in [6.07, 6.45) is 2.51. The van der Waals surface area contributed by atoms with E-state index in [0.29, 0.717) is 11.3 Å². The molecule has 0 spiro atoms. The van der Waals surface area contributed by atoms with E-state index in [9.17, 15) is 0 Å². The smallest absolute Gasteiger partial charge is 0.157 e. The molecular weight excluding hydrogens is 240 g/mol. The standard InChI is InChI=1S/C15H22N2S/c1-4-7-13-10-16-15(18-13)17-12(3)14-9-6-5-8-11(14)2/h5-6,8-9,12-13H,4,7,10H2,1-3H3,(H,16,17). The maximum absolute atomic E-state index is 4.60. The second-order valence-electron chi connectivity index (χ2n) is 4.90. The van der Waals surface area contributed by atoms with Crippen molar-refractivity contribution >= 4 is 16.9 Å². The van der Waals surface area contributed by atoms with Crippen molar-refractivity contribution in [3.63, 3.8) is 0 Å². The fourth-order valence-corrected chi connectivity index (χ4v) is 3.52. The van der Waals surface area contributed by atoms with Crippen LogP contribution in [0.5, 0.6) is 0 Å². The van der Waals surface area contributed by atoms with Crippen molar-refractivity contribution in [2.24, 2.45) is 4.99 Å². The molecule has 0 radical (unpaired) electrons. The Labute approximate surface area is 114 Å². The summed E-state index contributed by atoms with van der Waals surface area (Å²) in [4.78, 5) is 4.60. The average molecular weight is 262 g/mol. The zero-order chi connectivity index (χ0) is 13.0. The first-order chi connectivity index (χ1) is 8.70. The van der Waals surface area contributed by atoms with E-state index in [1.807, 2.05) is 11.8 Å². The molecule has 0 aliphatic carbocycles. The van der Waals surface area contributed by atoms with Crippen molar-refractivity contribution < 1.29 is 0 Å². The molecule has 0 bridgehead atoms. The molecule has 1 aromatic carbocycles. The number of aryl methyl sites for hydroxylation is 1. The molecule has 1 N–H and O–H groups in total. The summed E-state index contributed by atoms with van der Waals surface area (Å²) in [5, 5.41) is 5.33. The number of benzene rings is 1. The molecule has 18 heavy (non-hydrogen) atoms. The van der Waals surface area contributed by atoms with Crippen LogP contribution in [0.1, 0.15) is 43.9 Å². The van der Waals surface area contributed by atoms with Gasteiger partial charge in [0.25, 0.3) is 0 Å². The lowest BCUT2D eigenvalue weighted by Crippen LogP contribution is -2.24. The molecule has 1 aliphatic heterocycles. The van der Waals surface area contributed by atoms with Gasteiger partial charge in [-0.1, -0.05) is 49.4 Å². The van der Waals surface area contributed by atoms with Gasteiger partial charge in [-0.05, 0) is 31.4 Å². The Kier molecular flexibility index (Phi) is 4.70. The lowest BCUT2D eigenvalue weighted by molar-refractivity contribution is 0.715. The normalized spacial score (nSPS) is 20.6. The van der Waals surface area contributed by atoms with Crippen LogP contribution in [0.3, 0.4) is 0 Å². The van der Waals surface area contributed by atoms with Crippen LogP contribution < -0.4 is 5.32 Å². The molecule has 0 saturated carbocycles. The number of hydrogen-bond donors (Lipinski definition) is 1. The third kappa shape index (κ3) is 3.29. The number of hydrogen-bond acceptors (Lipinski definition) is 3. The van der Waals surface area contributed by atoms with Crippen LogP contribution >= 0.6 is 11.8 Å². The molecule has 1 aromatic rings. The van der Waals surface area contributed by atoms with Gasteiger partial charge in [-0.25, -0.2) is 0 Å². The van der Waals surface area contributed by atoms with E-state index in [0.717, 1.165) is 11.7 Å². The van der Waals surface area contributed by atoms with Gasteiger partial charge in [0.05, 0.1) is 12.6 Å². The quantitative estimate of drug-likeness (QED) is 0.889. The number of nitrogens with one attached hydrogen (secondary N) is 1. The minimum absolute atomic E-state index is 0.331. The molecule has 2 nitrogen and oxygen atoms in total. The molecule has 0 saturated heterocycles. The summed E-state index contributed by atoms with van der Waals surface area (Å²) in [5.74, 6) is 0. The SMILES string of the molecule is CCCC1CN=C(NC(C)c2ccccc2C)S1. The van der Waals surface area contributed by atoms with E-state index in [-0.39, 0.29) is 0 Å². The lowest BCUT2D eigenvalue weighted by atomic mass is 10.0. The highest BCUT2D eigenvalue weighted by atomic mass is 32.2. The van der Waals surface area contributed by atoms with Gasteiger partial charge in [0.2, 0.25) is 0 Å². The largest absolute Gasteiger partial charge is 0.358 e. The third-order valence-electron chi connectivity index (χ3n) is 3.32. The minimum Gasteiger partial charge on any atom is -0.358 e. The van der Waals surface area contributed by atoms with Crippen molar-refractivity contribution in [3.05, 3.63) is 35.4 Å². The number of thioether (sulfide) groups is 1. The predicted molar refractivity (Wildman–Crippen MR) is 81.3 cm³/mol. The summed E-state index contributed by atoms with van der Waals surface area (Å²) < 4.78 is 0. The van der Waals surface area contributed by atoms with E-state index < -0.39 is 0 Å². The zero-order valence-electron chi connectivity index (χ0n) is 11.4. The van der Waals surface area contributed by atoms with Crippen molar-refractivity contribution in [3.8, 4) is 0 Å². The Hall–Kier alpha value is -0.960. The molecule has 2 unspecified atom stereocenters. The zero-order valence-corrected chi connectivity index (χ0v) is 12.3. The maximum atomic E-state index is 4.60. The first-order valence-electron chi connectivity index (χ1n) is 6.74. The van der Waals surface area contributed by atoms with Gasteiger partial charge in [0, 0.05) is 5.25 Å². The highest BCUT2D eigenvalue weighted by Crippen LogP contribution is 2.26. The molecule has 0 amide bonds. The lowest BCUT2D eigenvalue weighted by Gasteiger charge is -2.17. The van der Waals surface area contributed by atoms with Crippen molar-refractivity contribution in [2.75, 3.05) is 6.54 Å². The summed E-state index contributed by atoms with van der Waals surface area (Å²) >= 11 is 1.90. The van der Waals surface area contributed by atoms with E-state index in [2.05, 4.69) is 55.3 Å². The number of aliphatic imine (C=N–C) groups is 1. The molecule has 2 rings (SSSR count). The molecule has 3 heteroatoms. The minimum atomic E-state index is 0.331. The first-order valence-corrected chi connectivity index (χ1v) is 7.61. The molecule has 0 fully saturated rings. The number of rotatable bonds is 4. The van der Waals surface area contributed by atoms with Gasteiger partial charge >= 0.3 is 0 Å². The second kappa shape index (κ2) is 6.28. The third-order valence-corrected chi connectivity index (χ3v) is 4.51. The molecule has 1 aliphatic rings. The van der Waals surface area contributed by atoms with Crippen molar-refractivity contribution in [2.45, 2.75) is 44.9 Å². The summed E-state index contributed by atoms with van der Waals surface area (Å²) in [6, 6.07) is 8.88. The van der Waals surface area contributed by atoms with Crippen LogP contribution in [0.2, 0.25) is 0 Å². The Morgan fingerprint density at radius 1 is 1.44 bits per heavy atom. The van der Waals surface area contributed by atoms with Gasteiger partial charge in [-0.15, -0.1) is 0 Å². The van der Waals surface area contributed by atoms with E-state index >= 15 is 0 Å². The molecule has 0 aromatic heterocycles. The van der Waals surface area contributed by atoms with Gasteiger partial charge in [-0.3, -0.25) is 4.99 Å². The van der Waals surface area contributed by atoms with Gasteiger partial charge in [-0.2, -0.15) is 0 Å². The Morgan fingerprint density at radius 3 is 2.94 bits per heavy atom. The predicted octanol–water partition coefficient (Wildman–Crippen LogP) is 3.92. The fraction of sp³-hybridized carbons (Fsp3) is 0.533. The Bertz CT molecular complexity index is 428. The number of amidine groups is 1. The van der Waals surface area contributed by atoms with E-state index in [4.69, 9.17) is 0 Å². The number of nitrogens with zero attached hydrogens (tertiary/aromatic N) is 1. The van der Waals surface area contributed by atoms with Crippen LogP contribution in [0.15, 0.2) is 29.3 Å². The molecule has 1 heterocycles. The van der Waals surface area contributed by atoms with Crippen LogP contribution in [0.4, 0.5) is 0 Å². The Balaban J connectivity index is 1.93. The molecular formula is C15H22N2S. The highest BCUT2D eigenvalue weighted by molar-refractivity contribution is 8.14. The average Bonchev–Trinajstić information content (AvgIpc) is 2.77. The van der Waals surface area contributed by atoms with Gasteiger partial charge in [0.1, 0.15) is 0 Å². The maximum Gasteiger partial charge on any atom is 0.157 e. The van der Waals surface area contributed by atoms with Gasteiger partial charge < -0.3 is 5.32 Å². The van der Waals surface area contributed by atoms with E-state index in [1.54, 1.807) is 0 Å². The first kappa shape index (κ1) is 13.5. The molecule has 98 valence electrons. The topological polar surface area (TPSA) is 24.4 Å². The fourth-order valence-electron chi connectivity index (χ4n) is 2.30. The van der Waals surface area contributed by atoms with Crippen molar-refractivity contribution in [1.82, 2.24) is 5.32 Å². The monoisotopic (exact) mass is 262 g/mol. The van der Waals surface area contributed by atoms with Crippen molar-refractivity contribution in [1.29, 1.82) is 0 Å². The van der Waals surface area contributed by atoms with Gasteiger partial charge in [0.15, 0.2) is 5.17 Å². The van der Waals surface area contributed by atoms with Crippen LogP contribution in [-0.2, 0) is 0 Å².